The standard InChI is InChI=1S/C18H27N3O2/c1-18(2,3)23-17(22)21-12-10-20(11-13-21)15-8-4-6-14-7-5-9-19-16(14)15/h5,7,9,15H,4,6,8,10-13H2,1-3H3/t15-/m1/s1. The predicted octanol–water partition coefficient (Wildman–Crippen LogP) is 3.01. The van der Waals surface area contributed by atoms with Crippen molar-refractivity contribution < 1.29 is 9.53 Å². The zero-order valence-corrected chi connectivity index (χ0v) is 14.4. The van der Waals surface area contributed by atoms with E-state index in [2.05, 4.69) is 16.0 Å². The molecule has 1 aromatic heterocycles. The third kappa shape index (κ3) is 3.83. The number of hydrogen-bond donors (Lipinski definition) is 0. The number of nitrogens with zero attached hydrogens (tertiary/aromatic N) is 3. The maximum Gasteiger partial charge on any atom is 0.410 e. The first kappa shape index (κ1) is 16.2. The van der Waals surface area contributed by atoms with Gasteiger partial charge < -0.3 is 9.64 Å². The first-order chi connectivity index (χ1) is 10.9. The minimum Gasteiger partial charge on any atom is -0.444 e. The second-order valence-corrected chi connectivity index (χ2v) is 7.46. The van der Waals surface area contributed by atoms with Gasteiger partial charge in [-0.2, -0.15) is 0 Å². The molecule has 0 aromatic carbocycles. The molecule has 23 heavy (non-hydrogen) atoms. The Hall–Kier alpha value is -1.62. The van der Waals surface area contributed by atoms with Gasteiger partial charge in [-0.3, -0.25) is 9.88 Å². The number of carbonyl (C=O) groups excluding carboxylic acids is 1. The summed E-state index contributed by atoms with van der Waals surface area (Å²) in [7, 11) is 0. The summed E-state index contributed by atoms with van der Waals surface area (Å²) in [4.78, 5) is 21.1. The molecule has 5 nitrogen and oxygen atoms in total. The van der Waals surface area contributed by atoms with Gasteiger partial charge in [0.2, 0.25) is 0 Å². The Kier molecular flexibility index (Phi) is 4.57. The Morgan fingerprint density at radius 2 is 2.00 bits per heavy atom. The summed E-state index contributed by atoms with van der Waals surface area (Å²) >= 11 is 0. The molecule has 0 N–H and O–H groups in total. The van der Waals surface area contributed by atoms with Crippen LogP contribution in [0.2, 0.25) is 0 Å². The Balaban J connectivity index is 1.61. The molecule has 1 fully saturated rings. The van der Waals surface area contributed by atoms with E-state index in [1.165, 1.54) is 17.7 Å². The summed E-state index contributed by atoms with van der Waals surface area (Å²) in [6, 6.07) is 4.63. The van der Waals surface area contributed by atoms with Gasteiger partial charge in [0.1, 0.15) is 5.60 Å². The van der Waals surface area contributed by atoms with Crippen LogP contribution in [0.3, 0.4) is 0 Å². The third-order valence-corrected chi connectivity index (χ3v) is 4.57. The number of aryl methyl sites for hydroxylation is 1. The molecule has 0 saturated carbocycles. The van der Waals surface area contributed by atoms with Crippen LogP contribution in [0.15, 0.2) is 18.3 Å². The molecule has 1 aliphatic heterocycles. The number of carbonyl (C=O) groups is 1. The molecule has 5 heteroatoms. The van der Waals surface area contributed by atoms with Crippen LogP contribution >= 0.6 is 0 Å². The number of pyridine rings is 1. The van der Waals surface area contributed by atoms with Crippen molar-refractivity contribution in [1.29, 1.82) is 0 Å². The highest BCUT2D eigenvalue weighted by Crippen LogP contribution is 2.33. The Labute approximate surface area is 138 Å². The molecule has 1 amide bonds. The predicted molar refractivity (Wildman–Crippen MR) is 89.3 cm³/mol. The van der Waals surface area contributed by atoms with Gasteiger partial charge in [-0.1, -0.05) is 6.07 Å². The molecule has 1 saturated heterocycles. The van der Waals surface area contributed by atoms with Crippen molar-refractivity contribution >= 4 is 6.09 Å². The van der Waals surface area contributed by atoms with Crippen molar-refractivity contribution in [1.82, 2.24) is 14.8 Å². The molecule has 0 spiro atoms. The molecular formula is C18H27N3O2. The number of rotatable bonds is 1. The fourth-order valence-electron chi connectivity index (χ4n) is 3.48. The van der Waals surface area contributed by atoms with Gasteiger partial charge >= 0.3 is 6.09 Å². The van der Waals surface area contributed by atoms with Gasteiger partial charge in [0.25, 0.3) is 0 Å². The summed E-state index contributed by atoms with van der Waals surface area (Å²) in [6.45, 7) is 8.96. The van der Waals surface area contributed by atoms with Crippen LogP contribution in [0.5, 0.6) is 0 Å². The lowest BCUT2D eigenvalue weighted by molar-refractivity contribution is 0.00902. The number of piperazine rings is 1. The minimum atomic E-state index is -0.430. The monoisotopic (exact) mass is 317 g/mol. The third-order valence-electron chi connectivity index (χ3n) is 4.57. The zero-order chi connectivity index (χ0) is 16.4. The average molecular weight is 317 g/mol. The maximum atomic E-state index is 12.2. The largest absolute Gasteiger partial charge is 0.444 e. The molecule has 1 aromatic rings. The highest BCUT2D eigenvalue weighted by Gasteiger charge is 2.32. The number of amides is 1. The molecule has 0 bridgehead atoms. The minimum absolute atomic E-state index is 0.195. The van der Waals surface area contributed by atoms with E-state index >= 15 is 0 Å². The van der Waals surface area contributed by atoms with E-state index in [0.717, 1.165) is 39.0 Å². The number of aromatic nitrogens is 1. The van der Waals surface area contributed by atoms with Gasteiger partial charge in [-0.05, 0) is 51.7 Å². The average Bonchev–Trinajstić information content (AvgIpc) is 2.53. The molecule has 1 atom stereocenters. The van der Waals surface area contributed by atoms with E-state index in [9.17, 15) is 4.79 Å². The SMILES string of the molecule is CC(C)(C)OC(=O)N1CCN([C@@H]2CCCc3cccnc32)CC1. The first-order valence-corrected chi connectivity index (χ1v) is 8.60. The Bertz CT molecular complexity index is 560. The van der Waals surface area contributed by atoms with Crippen LogP contribution in [0, 0.1) is 0 Å². The quantitative estimate of drug-likeness (QED) is 0.799. The van der Waals surface area contributed by atoms with Gasteiger partial charge in [0, 0.05) is 32.4 Å². The van der Waals surface area contributed by atoms with Crippen LogP contribution in [-0.4, -0.2) is 52.7 Å². The molecule has 0 unspecified atom stereocenters. The Morgan fingerprint density at radius 3 is 2.70 bits per heavy atom. The second kappa shape index (κ2) is 6.48. The first-order valence-electron chi connectivity index (χ1n) is 8.60. The molecule has 1 aliphatic carbocycles. The van der Waals surface area contributed by atoms with Gasteiger partial charge in [0.05, 0.1) is 11.7 Å². The van der Waals surface area contributed by atoms with E-state index < -0.39 is 5.60 Å². The molecule has 2 aliphatic rings. The van der Waals surface area contributed by atoms with Crippen molar-refractivity contribution in [3.8, 4) is 0 Å². The van der Waals surface area contributed by atoms with Crippen molar-refractivity contribution in [2.45, 2.75) is 51.7 Å². The molecule has 0 radical (unpaired) electrons. The summed E-state index contributed by atoms with van der Waals surface area (Å²) in [6.07, 6.45) is 5.22. The van der Waals surface area contributed by atoms with Gasteiger partial charge in [0.15, 0.2) is 0 Å². The van der Waals surface area contributed by atoms with Gasteiger partial charge in [-0.25, -0.2) is 4.79 Å². The summed E-state index contributed by atoms with van der Waals surface area (Å²) in [5.41, 5.74) is 2.20. The molecule has 2 heterocycles. The van der Waals surface area contributed by atoms with E-state index in [4.69, 9.17) is 4.74 Å². The van der Waals surface area contributed by atoms with Crippen LogP contribution < -0.4 is 0 Å². The lowest BCUT2D eigenvalue weighted by atomic mass is 9.90. The lowest BCUT2D eigenvalue weighted by Crippen LogP contribution is -2.51. The van der Waals surface area contributed by atoms with Gasteiger partial charge in [-0.15, -0.1) is 0 Å². The van der Waals surface area contributed by atoms with Crippen LogP contribution in [0.4, 0.5) is 4.79 Å². The maximum absolute atomic E-state index is 12.2. The second-order valence-electron chi connectivity index (χ2n) is 7.46. The summed E-state index contributed by atoms with van der Waals surface area (Å²) < 4.78 is 5.47. The highest BCUT2D eigenvalue weighted by atomic mass is 16.6. The fraction of sp³-hybridized carbons (Fsp3) is 0.667. The van der Waals surface area contributed by atoms with E-state index in [-0.39, 0.29) is 6.09 Å². The van der Waals surface area contributed by atoms with Crippen LogP contribution in [0.1, 0.15) is 50.9 Å². The highest BCUT2D eigenvalue weighted by molar-refractivity contribution is 5.68. The van der Waals surface area contributed by atoms with Crippen molar-refractivity contribution in [3.05, 3.63) is 29.6 Å². The topological polar surface area (TPSA) is 45.7 Å². The van der Waals surface area contributed by atoms with Crippen LogP contribution in [-0.2, 0) is 11.2 Å². The van der Waals surface area contributed by atoms with Crippen molar-refractivity contribution in [3.63, 3.8) is 0 Å². The molecule has 126 valence electrons. The molecular weight excluding hydrogens is 290 g/mol. The molecule has 3 rings (SSSR count). The van der Waals surface area contributed by atoms with E-state index in [0.29, 0.717) is 6.04 Å². The Morgan fingerprint density at radius 1 is 1.26 bits per heavy atom. The van der Waals surface area contributed by atoms with E-state index in [1.54, 1.807) is 0 Å². The smallest absolute Gasteiger partial charge is 0.410 e. The number of fused-ring (bicyclic) bond motifs is 1. The summed E-state index contributed by atoms with van der Waals surface area (Å²) in [5, 5.41) is 0. The number of ether oxygens (including phenoxy) is 1. The van der Waals surface area contributed by atoms with Crippen molar-refractivity contribution in [2.75, 3.05) is 26.2 Å². The summed E-state index contributed by atoms with van der Waals surface area (Å²) in [5.74, 6) is 0. The fourth-order valence-corrected chi connectivity index (χ4v) is 3.48. The normalized spacial score (nSPS) is 22.6. The van der Waals surface area contributed by atoms with Crippen molar-refractivity contribution in [2.24, 2.45) is 0 Å². The number of hydrogen-bond acceptors (Lipinski definition) is 4. The zero-order valence-electron chi connectivity index (χ0n) is 14.4. The van der Waals surface area contributed by atoms with Crippen LogP contribution in [0.25, 0.3) is 0 Å². The lowest BCUT2D eigenvalue weighted by Gasteiger charge is -2.41. The van der Waals surface area contributed by atoms with E-state index in [1.807, 2.05) is 37.9 Å².